The fourth-order valence-corrected chi connectivity index (χ4v) is 4.55. The zero-order valence-electron chi connectivity index (χ0n) is 19.3. The number of thioether (sulfide) groups is 1. The quantitative estimate of drug-likeness (QED) is 0.137. The Morgan fingerprint density at radius 1 is 0.795 bits per heavy atom. The van der Waals surface area contributed by atoms with Gasteiger partial charge in [0.05, 0.1) is 6.26 Å². The van der Waals surface area contributed by atoms with Crippen molar-refractivity contribution in [3.63, 3.8) is 0 Å². The zero-order valence-corrected chi connectivity index (χ0v) is 20.1. The zero-order chi connectivity index (χ0) is 28.3. The van der Waals surface area contributed by atoms with Crippen molar-refractivity contribution in [1.29, 1.82) is 0 Å². The number of anilines is 2. The highest BCUT2D eigenvalue weighted by atomic mass is 32.2. The van der Waals surface area contributed by atoms with E-state index in [1.54, 1.807) is 41.7 Å². The lowest BCUT2D eigenvalue weighted by atomic mass is 10.1. The van der Waals surface area contributed by atoms with Crippen LogP contribution in [0, 0.1) is 23.3 Å². The summed E-state index contributed by atoms with van der Waals surface area (Å²) in [6.45, 7) is 0. The van der Waals surface area contributed by atoms with Crippen LogP contribution in [0.15, 0.2) is 82.3 Å². The number of alkyl halides is 3. The van der Waals surface area contributed by atoms with Gasteiger partial charge in [-0.1, -0.05) is 36.4 Å². The van der Waals surface area contributed by atoms with E-state index in [0.717, 1.165) is 11.8 Å². The topological polar surface area (TPSA) is 71.3 Å². The number of nitrogens with one attached hydrogen (secondary N) is 2. The van der Waals surface area contributed by atoms with Crippen LogP contribution in [0.2, 0.25) is 0 Å². The summed E-state index contributed by atoms with van der Waals surface area (Å²) in [5.74, 6) is -11.9. The van der Waals surface area contributed by atoms with Gasteiger partial charge in [-0.25, -0.2) is 17.6 Å². The molecule has 1 aromatic heterocycles. The Morgan fingerprint density at radius 3 is 2.05 bits per heavy atom. The van der Waals surface area contributed by atoms with Crippen LogP contribution >= 0.6 is 11.8 Å². The van der Waals surface area contributed by atoms with Crippen molar-refractivity contribution >= 4 is 35.0 Å². The van der Waals surface area contributed by atoms with E-state index in [1.165, 1.54) is 36.6 Å². The standard InChI is InChI=1S/C26H15F7N2O3S/c27-18-17(26(31,32)33)19(28)21(30)22(20(18)29)35-25(37)23(13-6-2-1-3-7-13)39-15-9-4-8-14(12-15)34-24(36)16-10-5-11-38-16/h1-12,23H,(H,34,36)(H,35,37). The van der Waals surface area contributed by atoms with Crippen LogP contribution in [0.5, 0.6) is 0 Å². The van der Waals surface area contributed by atoms with Crippen LogP contribution in [0.4, 0.5) is 42.1 Å². The van der Waals surface area contributed by atoms with Gasteiger partial charge >= 0.3 is 6.18 Å². The molecule has 0 saturated carbocycles. The maximum absolute atomic E-state index is 14.4. The molecule has 0 saturated heterocycles. The first-order valence-electron chi connectivity index (χ1n) is 10.9. The highest BCUT2D eigenvalue weighted by molar-refractivity contribution is 8.00. The molecular weight excluding hydrogens is 553 g/mol. The molecule has 0 fully saturated rings. The molecule has 13 heteroatoms. The Balaban J connectivity index is 1.64. The second-order valence-corrected chi connectivity index (χ2v) is 9.04. The maximum atomic E-state index is 14.4. The molecule has 202 valence electrons. The van der Waals surface area contributed by atoms with E-state index < -0.39 is 57.8 Å². The molecule has 5 nitrogen and oxygen atoms in total. The summed E-state index contributed by atoms with van der Waals surface area (Å²) < 4.78 is 101. The number of rotatable bonds is 7. The SMILES string of the molecule is O=C(Nc1cccc(SC(C(=O)Nc2c(F)c(F)c(C(F)(F)F)c(F)c2F)c2ccccc2)c1)c1ccco1. The van der Waals surface area contributed by atoms with Gasteiger partial charge in [0, 0.05) is 10.6 Å². The number of furan rings is 1. The van der Waals surface area contributed by atoms with Crippen molar-refractivity contribution in [3.8, 4) is 0 Å². The summed E-state index contributed by atoms with van der Waals surface area (Å²) in [6.07, 6.45) is -4.41. The van der Waals surface area contributed by atoms with Gasteiger partial charge in [0.1, 0.15) is 16.5 Å². The third kappa shape index (κ3) is 6.08. The fourth-order valence-electron chi connectivity index (χ4n) is 3.46. The fraction of sp³-hybridized carbons (Fsp3) is 0.0769. The number of halogens is 7. The maximum Gasteiger partial charge on any atom is 0.422 e. The molecule has 1 atom stereocenters. The molecule has 3 aromatic carbocycles. The molecule has 4 rings (SSSR count). The molecule has 0 aliphatic carbocycles. The molecule has 2 amide bonds. The van der Waals surface area contributed by atoms with Crippen molar-refractivity contribution in [2.75, 3.05) is 10.6 Å². The van der Waals surface area contributed by atoms with E-state index >= 15 is 0 Å². The molecule has 0 aliphatic rings. The second kappa shape index (κ2) is 11.2. The molecule has 1 heterocycles. The summed E-state index contributed by atoms with van der Waals surface area (Å²) in [5, 5.41) is 2.98. The largest absolute Gasteiger partial charge is 0.459 e. The molecule has 1 unspecified atom stereocenters. The van der Waals surface area contributed by atoms with Gasteiger partial charge in [-0.3, -0.25) is 9.59 Å². The van der Waals surface area contributed by atoms with Gasteiger partial charge in [0.2, 0.25) is 5.91 Å². The highest BCUT2D eigenvalue weighted by Crippen LogP contribution is 2.41. The van der Waals surface area contributed by atoms with Crippen molar-refractivity contribution in [2.24, 2.45) is 0 Å². The summed E-state index contributed by atoms with van der Waals surface area (Å²) in [7, 11) is 0. The monoisotopic (exact) mass is 568 g/mol. The number of carbonyl (C=O) groups excluding carboxylic acids is 2. The summed E-state index contributed by atoms with van der Waals surface area (Å²) in [6, 6.07) is 16.8. The summed E-state index contributed by atoms with van der Waals surface area (Å²) in [4.78, 5) is 25.8. The Morgan fingerprint density at radius 2 is 1.46 bits per heavy atom. The van der Waals surface area contributed by atoms with E-state index in [0.29, 0.717) is 16.1 Å². The van der Waals surface area contributed by atoms with Crippen LogP contribution in [0.1, 0.15) is 26.9 Å². The van der Waals surface area contributed by atoms with Gasteiger partial charge in [-0.2, -0.15) is 13.2 Å². The molecule has 0 spiro atoms. The lowest BCUT2D eigenvalue weighted by molar-refractivity contribution is -0.143. The first kappa shape index (κ1) is 27.8. The molecule has 0 radical (unpaired) electrons. The number of hydrogen-bond acceptors (Lipinski definition) is 4. The first-order valence-corrected chi connectivity index (χ1v) is 11.8. The van der Waals surface area contributed by atoms with E-state index in [-0.39, 0.29) is 5.76 Å². The molecule has 4 aromatic rings. The normalized spacial score (nSPS) is 12.2. The lowest BCUT2D eigenvalue weighted by Crippen LogP contribution is -2.23. The summed E-state index contributed by atoms with van der Waals surface area (Å²) >= 11 is 0.836. The average molecular weight is 568 g/mol. The van der Waals surface area contributed by atoms with Crippen LogP contribution < -0.4 is 10.6 Å². The number of carbonyl (C=O) groups is 2. The minimum atomic E-state index is -5.72. The third-order valence-electron chi connectivity index (χ3n) is 5.23. The van der Waals surface area contributed by atoms with Crippen molar-refractivity contribution < 1.29 is 44.7 Å². The average Bonchev–Trinajstić information content (AvgIpc) is 3.44. The molecule has 39 heavy (non-hydrogen) atoms. The van der Waals surface area contributed by atoms with E-state index in [9.17, 15) is 40.3 Å². The molecule has 0 aliphatic heterocycles. The van der Waals surface area contributed by atoms with Crippen molar-refractivity contribution in [2.45, 2.75) is 16.3 Å². The number of hydrogen-bond donors (Lipinski definition) is 2. The van der Waals surface area contributed by atoms with Crippen LogP contribution in [-0.2, 0) is 11.0 Å². The smallest absolute Gasteiger partial charge is 0.422 e. The van der Waals surface area contributed by atoms with Gasteiger partial charge in [-0.05, 0) is 35.9 Å². The van der Waals surface area contributed by atoms with E-state index in [2.05, 4.69) is 5.32 Å². The van der Waals surface area contributed by atoms with Crippen LogP contribution in [-0.4, -0.2) is 11.8 Å². The summed E-state index contributed by atoms with van der Waals surface area (Å²) in [5.41, 5.74) is -3.86. The minimum absolute atomic E-state index is 0.0367. The van der Waals surface area contributed by atoms with E-state index in [1.807, 2.05) is 0 Å². The minimum Gasteiger partial charge on any atom is -0.459 e. The van der Waals surface area contributed by atoms with E-state index in [4.69, 9.17) is 4.42 Å². The number of amides is 2. The molecule has 0 bridgehead atoms. The second-order valence-electron chi connectivity index (χ2n) is 7.86. The number of benzene rings is 3. The predicted octanol–water partition coefficient (Wildman–Crippen LogP) is 7.58. The van der Waals surface area contributed by atoms with Gasteiger partial charge < -0.3 is 15.1 Å². The Labute approximate surface area is 220 Å². The van der Waals surface area contributed by atoms with Crippen molar-refractivity contribution in [3.05, 3.63) is 113 Å². The van der Waals surface area contributed by atoms with Gasteiger partial charge in [-0.15, -0.1) is 11.8 Å². The molecular formula is C26H15F7N2O3S. The lowest BCUT2D eigenvalue weighted by Gasteiger charge is -2.19. The van der Waals surface area contributed by atoms with Crippen molar-refractivity contribution in [1.82, 2.24) is 0 Å². The van der Waals surface area contributed by atoms with Gasteiger partial charge in [0.25, 0.3) is 5.91 Å². The van der Waals surface area contributed by atoms with Gasteiger partial charge in [0.15, 0.2) is 29.0 Å². The molecule has 2 N–H and O–H groups in total. The Hall–Kier alpha value is -4.26. The third-order valence-corrected chi connectivity index (χ3v) is 6.47. The first-order chi connectivity index (χ1) is 18.5. The van der Waals surface area contributed by atoms with Crippen LogP contribution in [0.25, 0.3) is 0 Å². The highest BCUT2D eigenvalue weighted by Gasteiger charge is 2.42. The Bertz CT molecular complexity index is 1480. The Kier molecular flexibility index (Phi) is 8.00. The predicted molar refractivity (Wildman–Crippen MR) is 128 cm³/mol. The van der Waals surface area contributed by atoms with Crippen LogP contribution in [0.3, 0.4) is 0 Å².